The summed E-state index contributed by atoms with van der Waals surface area (Å²) in [5.74, 6) is 1.19. The van der Waals surface area contributed by atoms with E-state index in [-0.39, 0.29) is 11.9 Å². The van der Waals surface area contributed by atoms with Gasteiger partial charge in [-0.25, -0.2) is 0 Å². The van der Waals surface area contributed by atoms with Crippen molar-refractivity contribution in [2.75, 3.05) is 0 Å². The quantitative estimate of drug-likeness (QED) is 0.509. The lowest BCUT2D eigenvalue weighted by Gasteiger charge is -2.15. The SMILES string of the molecule is C=CCCCC[C@H](C)Oc1ccc(-c2ccc(O)cc2)cc1. The molecule has 116 valence electrons. The van der Waals surface area contributed by atoms with Gasteiger partial charge in [-0.15, -0.1) is 6.58 Å². The molecule has 0 bridgehead atoms. The molecule has 0 amide bonds. The molecule has 2 aromatic rings. The minimum atomic E-state index is 0.226. The highest BCUT2D eigenvalue weighted by atomic mass is 16.5. The van der Waals surface area contributed by atoms with Gasteiger partial charge < -0.3 is 9.84 Å². The second-order valence-corrected chi connectivity index (χ2v) is 5.57. The van der Waals surface area contributed by atoms with Crippen LogP contribution in [0.2, 0.25) is 0 Å². The van der Waals surface area contributed by atoms with Crippen molar-refractivity contribution in [1.82, 2.24) is 0 Å². The second kappa shape index (κ2) is 8.28. The molecule has 0 aliphatic rings. The molecule has 0 aromatic heterocycles. The predicted octanol–water partition coefficient (Wildman–Crippen LogP) is 5.57. The van der Waals surface area contributed by atoms with E-state index in [4.69, 9.17) is 4.74 Å². The Morgan fingerprint density at radius 1 is 1.00 bits per heavy atom. The van der Waals surface area contributed by atoms with E-state index >= 15 is 0 Å². The van der Waals surface area contributed by atoms with Crippen molar-refractivity contribution >= 4 is 0 Å². The van der Waals surface area contributed by atoms with Gasteiger partial charge in [0.2, 0.25) is 0 Å². The first-order chi connectivity index (χ1) is 10.7. The molecular weight excluding hydrogens is 272 g/mol. The minimum Gasteiger partial charge on any atom is -0.508 e. The van der Waals surface area contributed by atoms with E-state index in [0.717, 1.165) is 29.7 Å². The lowest BCUT2D eigenvalue weighted by Crippen LogP contribution is -2.11. The van der Waals surface area contributed by atoms with Gasteiger partial charge in [0.1, 0.15) is 11.5 Å². The molecule has 22 heavy (non-hydrogen) atoms. The maximum Gasteiger partial charge on any atom is 0.119 e. The Kier molecular flexibility index (Phi) is 6.08. The molecule has 0 heterocycles. The average Bonchev–Trinajstić information content (AvgIpc) is 2.53. The van der Waals surface area contributed by atoms with Gasteiger partial charge in [-0.05, 0) is 68.0 Å². The highest BCUT2D eigenvalue weighted by molar-refractivity contribution is 5.64. The number of phenolic OH excluding ortho intramolecular Hbond substituents is 1. The van der Waals surface area contributed by atoms with Crippen LogP contribution < -0.4 is 4.74 Å². The summed E-state index contributed by atoms with van der Waals surface area (Å²) >= 11 is 0. The van der Waals surface area contributed by atoms with Crippen LogP contribution in [0.25, 0.3) is 11.1 Å². The van der Waals surface area contributed by atoms with Gasteiger partial charge in [-0.2, -0.15) is 0 Å². The molecule has 2 nitrogen and oxygen atoms in total. The third kappa shape index (κ3) is 4.96. The van der Waals surface area contributed by atoms with E-state index in [1.54, 1.807) is 12.1 Å². The van der Waals surface area contributed by atoms with E-state index in [1.165, 1.54) is 12.8 Å². The first-order valence-corrected chi connectivity index (χ1v) is 7.86. The van der Waals surface area contributed by atoms with Gasteiger partial charge in [0.05, 0.1) is 6.10 Å². The van der Waals surface area contributed by atoms with Crippen LogP contribution in [0.1, 0.15) is 32.6 Å². The largest absolute Gasteiger partial charge is 0.508 e. The van der Waals surface area contributed by atoms with Gasteiger partial charge in [-0.3, -0.25) is 0 Å². The third-order valence-electron chi connectivity index (χ3n) is 3.66. The van der Waals surface area contributed by atoms with Crippen molar-refractivity contribution in [1.29, 1.82) is 0 Å². The molecule has 1 N–H and O–H groups in total. The number of aromatic hydroxyl groups is 1. The van der Waals surface area contributed by atoms with E-state index in [2.05, 4.69) is 13.5 Å². The van der Waals surface area contributed by atoms with Gasteiger partial charge >= 0.3 is 0 Å². The van der Waals surface area contributed by atoms with Gasteiger partial charge in [0, 0.05) is 0 Å². The highest BCUT2D eigenvalue weighted by Crippen LogP contribution is 2.25. The molecular formula is C20H24O2. The molecule has 0 aliphatic carbocycles. The monoisotopic (exact) mass is 296 g/mol. The maximum absolute atomic E-state index is 9.33. The topological polar surface area (TPSA) is 29.5 Å². The van der Waals surface area contributed by atoms with E-state index in [9.17, 15) is 5.11 Å². The molecule has 2 rings (SSSR count). The number of hydrogen-bond donors (Lipinski definition) is 1. The first kappa shape index (κ1) is 16.2. The summed E-state index contributed by atoms with van der Waals surface area (Å²) in [6.45, 7) is 5.85. The first-order valence-electron chi connectivity index (χ1n) is 7.86. The van der Waals surface area contributed by atoms with Crippen LogP contribution in [0, 0.1) is 0 Å². The van der Waals surface area contributed by atoms with Gasteiger partial charge in [-0.1, -0.05) is 30.3 Å². The molecule has 0 saturated carbocycles. The number of benzene rings is 2. The predicted molar refractivity (Wildman–Crippen MR) is 92.3 cm³/mol. The highest BCUT2D eigenvalue weighted by Gasteiger charge is 2.04. The fourth-order valence-electron chi connectivity index (χ4n) is 2.39. The van der Waals surface area contributed by atoms with Crippen LogP contribution >= 0.6 is 0 Å². The van der Waals surface area contributed by atoms with E-state index < -0.39 is 0 Å². The summed E-state index contributed by atoms with van der Waals surface area (Å²) < 4.78 is 5.94. The van der Waals surface area contributed by atoms with Crippen LogP contribution in [-0.4, -0.2) is 11.2 Å². The Hall–Kier alpha value is -2.22. The molecule has 0 saturated heterocycles. The summed E-state index contributed by atoms with van der Waals surface area (Å²) in [6, 6.07) is 15.3. The number of unbranched alkanes of at least 4 members (excludes halogenated alkanes) is 2. The van der Waals surface area contributed by atoms with E-state index in [1.807, 2.05) is 42.5 Å². The van der Waals surface area contributed by atoms with Crippen molar-refractivity contribution in [3.05, 3.63) is 61.2 Å². The number of rotatable bonds is 8. The summed E-state index contributed by atoms with van der Waals surface area (Å²) in [4.78, 5) is 0. The van der Waals surface area contributed by atoms with Crippen molar-refractivity contribution in [3.8, 4) is 22.6 Å². The van der Waals surface area contributed by atoms with Gasteiger partial charge in [0.25, 0.3) is 0 Å². The summed E-state index contributed by atoms with van der Waals surface area (Å²) in [6.07, 6.45) is 6.68. The van der Waals surface area contributed by atoms with E-state index in [0.29, 0.717) is 0 Å². The van der Waals surface area contributed by atoms with Crippen molar-refractivity contribution < 1.29 is 9.84 Å². The molecule has 0 spiro atoms. The lowest BCUT2D eigenvalue weighted by molar-refractivity contribution is 0.207. The van der Waals surface area contributed by atoms with Crippen molar-refractivity contribution in [2.24, 2.45) is 0 Å². The Balaban J connectivity index is 1.88. The third-order valence-corrected chi connectivity index (χ3v) is 3.66. The van der Waals surface area contributed by atoms with Crippen molar-refractivity contribution in [2.45, 2.75) is 38.7 Å². The van der Waals surface area contributed by atoms with Crippen LogP contribution in [-0.2, 0) is 0 Å². The maximum atomic E-state index is 9.33. The molecule has 0 fully saturated rings. The Bertz CT molecular complexity index is 570. The Morgan fingerprint density at radius 3 is 2.18 bits per heavy atom. The molecule has 0 radical (unpaired) electrons. The fourth-order valence-corrected chi connectivity index (χ4v) is 2.39. The smallest absolute Gasteiger partial charge is 0.119 e. The molecule has 0 unspecified atom stereocenters. The fraction of sp³-hybridized carbons (Fsp3) is 0.300. The number of hydrogen-bond acceptors (Lipinski definition) is 2. The Morgan fingerprint density at radius 2 is 1.59 bits per heavy atom. The van der Waals surface area contributed by atoms with Gasteiger partial charge in [0.15, 0.2) is 0 Å². The zero-order valence-corrected chi connectivity index (χ0v) is 13.2. The lowest BCUT2D eigenvalue weighted by atomic mass is 10.1. The van der Waals surface area contributed by atoms with Crippen LogP contribution in [0.3, 0.4) is 0 Å². The molecule has 2 heteroatoms. The minimum absolute atomic E-state index is 0.226. The summed E-state index contributed by atoms with van der Waals surface area (Å²) in [5, 5.41) is 9.33. The summed E-state index contributed by atoms with van der Waals surface area (Å²) in [5.41, 5.74) is 2.20. The average molecular weight is 296 g/mol. The number of phenols is 1. The second-order valence-electron chi connectivity index (χ2n) is 5.57. The van der Waals surface area contributed by atoms with Crippen LogP contribution in [0.4, 0.5) is 0 Å². The van der Waals surface area contributed by atoms with Crippen molar-refractivity contribution in [3.63, 3.8) is 0 Å². The molecule has 0 aliphatic heterocycles. The van der Waals surface area contributed by atoms with Crippen LogP contribution in [0.15, 0.2) is 61.2 Å². The standard InChI is InChI=1S/C20H24O2/c1-3-4-5-6-7-16(2)22-20-14-10-18(11-15-20)17-8-12-19(21)13-9-17/h3,8-16,21H,1,4-7H2,2H3/t16-/m0/s1. The molecule has 1 atom stereocenters. The van der Waals surface area contributed by atoms with Crippen LogP contribution in [0.5, 0.6) is 11.5 Å². The number of ether oxygens (including phenoxy) is 1. The molecule has 2 aromatic carbocycles. The Labute approximate surface area is 133 Å². The normalized spacial score (nSPS) is 11.9. The number of allylic oxidation sites excluding steroid dienone is 1. The zero-order valence-electron chi connectivity index (χ0n) is 13.2. The summed E-state index contributed by atoms with van der Waals surface area (Å²) in [7, 11) is 0. The zero-order chi connectivity index (χ0) is 15.8.